The van der Waals surface area contributed by atoms with Gasteiger partial charge in [-0.1, -0.05) is 19.1 Å². The lowest BCUT2D eigenvalue weighted by molar-refractivity contribution is -0.120. The molecule has 1 aromatic carbocycles. The van der Waals surface area contributed by atoms with Crippen molar-refractivity contribution in [2.75, 3.05) is 6.54 Å². The number of aromatic nitrogens is 2. The number of Topliss-reactive ketones (excluding diaryl/α,β-unsaturated/α-hetero) is 1. The molecule has 0 saturated carbocycles. The minimum absolute atomic E-state index is 0.226. The van der Waals surface area contributed by atoms with Gasteiger partial charge in [-0.05, 0) is 42.9 Å². The van der Waals surface area contributed by atoms with E-state index >= 15 is 0 Å². The van der Waals surface area contributed by atoms with Crippen molar-refractivity contribution in [3.05, 3.63) is 62.5 Å². The molecule has 3 heterocycles. The molecule has 3 aromatic rings. The molecule has 7 nitrogen and oxygen atoms in total. The predicted molar refractivity (Wildman–Crippen MR) is 112 cm³/mol. The molecule has 0 saturated heterocycles. The molecule has 152 valence electrons. The second kappa shape index (κ2) is 6.98. The average Bonchev–Trinajstić information content (AvgIpc) is 3.21. The third-order valence-corrected chi connectivity index (χ3v) is 7.00. The van der Waals surface area contributed by atoms with Crippen LogP contribution in [0.15, 0.2) is 35.4 Å². The van der Waals surface area contributed by atoms with Crippen molar-refractivity contribution in [2.24, 2.45) is 5.92 Å². The molecule has 2 amide bonds. The van der Waals surface area contributed by atoms with Gasteiger partial charge in [-0.2, -0.15) is 0 Å². The maximum Gasteiger partial charge on any atom is 0.262 e. The number of aryl methyl sites for hydroxylation is 1. The summed E-state index contributed by atoms with van der Waals surface area (Å²) in [7, 11) is 0. The Hall–Kier alpha value is -3.13. The lowest BCUT2D eigenvalue weighted by Crippen LogP contribution is -2.37. The van der Waals surface area contributed by atoms with Crippen LogP contribution in [-0.2, 0) is 24.2 Å². The SMILES string of the molecule is C[C@H]1CCc2c(sc3ncn(CC(=O)CN4C(=O)c5ccccc5C4=O)c(=O)c23)C1. The highest BCUT2D eigenvalue weighted by molar-refractivity contribution is 7.18. The van der Waals surface area contributed by atoms with Gasteiger partial charge in [-0.15, -0.1) is 11.3 Å². The van der Waals surface area contributed by atoms with Gasteiger partial charge in [0.1, 0.15) is 4.83 Å². The van der Waals surface area contributed by atoms with Crippen LogP contribution < -0.4 is 5.56 Å². The Morgan fingerprint density at radius 2 is 1.83 bits per heavy atom. The molecule has 1 aliphatic carbocycles. The van der Waals surface area contributed by atoms with E-state index in [1.54, 1.807) is 35.6 Å². The summed E-state index contributed by atoms with van der Waals surface area (Å²) in [6.45, 7) is 1.61. The van der Waals surface area contributed by atoms with Gasteiger partial charge in [0.15, 0.2) is 5.78 Å². The summed E-state index contributed by atoms with van der Waals surface area (Å²) in [5, 5.41) is 0.609. The number of fused-ring (bicyclic) bond motifs is 4. The van der Waals surface area contributed by atoms with E-state index in [2.05, 4.69) is 11.9 Å². The molecule has 0 spiro atoms. The van der Waals surface area contributed by atoms with E-state index < -0.39 is 17.6 Å². The van der Waals surface area contributed by atoms with Crippen LogP contribution in [-0.4, -0.2) is 38.6 Å². The van der Waals surface area contributed by atoms with Crippen LogP contribution in [0.2, 0.25) is 0 Å². The fraction of sp³-hybridized carbons (Fsp3) is 0.318. The molecule has 0 fully saturated rings. The fourth-order valence-electron chi connectivity index (χ4n) is 4.28. The molecular formula is C22H19N3O4S. The summed E-state index contributed by atoms with van der Waals surface area (Å²) in [4.78, 5) is 57.9. The number of imide groups is 1. The number of carbonyl (C=O) groups excluding carboxylic acids is 3. The molecule has 0 N–H and O–H groups in total. The molecule has 30 heavy (non-hydrogen) atoms. The first kappa shape index (κ1) is 18.9. The number of benzene rings is 1. The Kier molecular flexibility index (Phi) is 4.39. The summed E-state index contributed by atoms with van der Waals surface area (Å²) in [6, 6.07) is 6.50. The van der Waals surface area contributed by atoms with Crippen molar-refractivity contribution in [1.29, 1.82) is 0 Å². The standard InChI is InChI=1S/C22H19N3O4S/c1-12-6-7-16-17(8-12)30-19-18(16)22(29)24(11-23-19)9-13(26)10-25-20(27)14-4-2-3-5-15(14)21(25)28/h2-5,11-12H,6-10H2,1H3/t12-/m0/s1. The van der Waals surface area contributed by atoms with Gasteiger partial charge in [0.05, 0.1) is 35.9 Å². The molecule has 2 aromatic heterocycles. The predicted octanol–water partition coefficient (Wildman–Crippen LogP) is 2.45. The maximum absolute atomic E-state index is 13.1. The summed E-state index contributed by atoms with van der Waals surface area (Å²) in [5.41, 5.74) is 1.43. The Morgan fingerprint density at radius 1 is 1.13 bits per heavy atom. The third-order valence-electron chi connectivity index (χ3n) is 5.84. The van der Waals surface area contributed by atoms with Crippen molar-refractivity contribution in [1.82, 2.24) is 14.5 Å². The summed E-state index contributed by atoms with van der Waals surface area (Å²) >= 11 is 1.56. The van der Waals surface area contributed by atoms with Gasteiger partial charge in [0.2, 0.25) is 0 Å². The van der Waals surface area contributed by atoms with Gasteiger partial charge in [-0.3, -0.25) is 28.6 Å². The number of rotatable bonds is 4. The number of hydrogen-bond acceptors (Lipinski definition) is 6. The zero-order valence-corrected chi connectivity index (χ0v) is 17.2. The first-order valence-electron chi connectivity index (χ1n) is 9.90. The van der Waals surface area contributed by atoms with Gasteiger partial charge in [-0.25, -0.2) is 4.98 Å². The summed E-state index contributed by atoms with van der Waals surface area (Å²) in [5.74, 6) is -0.767. The van der Waals surface area contributed by atoms with Gasteiger partial charge in [0.25, 0.3) is 17.4 Å². The smallest absolute Gasteiger partial charge is 0.262 e. The topological polar surface area (TPSA) is 89.3 Å². The lowest BCUT2D eigenvalue weighted by Gasteiger charge is -2.17. The highest BCUT2D eigenvalue weighted by atomic mass is 32.1. The molecule has 5 rings (SSSR count). The molecular weight excluding hydrogens is 402 g/mol. The second-order valence-corrected chi connectivity index (χ2v) is 9.07. The molecule has 1 atom stereocenters. The number of hydrogen-bond donors (Lipinski definition) is 0. The molecule has 0 radical (unpaired) electrons. The van der Waals surface area contributed by atoms with E-state index in [1.807, 2.05) is 0 Å². The summed E-state index contributed by atoms with van der Waals surface area (Å²) < 4.78 is 1.29. The first-order chi connectivity index (χ1) is 14.4. The van der Waals surface area contributed by atoms with Crippen molar-refractivity contribution in [2.45, 2.75) is 32.7 Å². The molecule has 1 aliphatic heterocycles. The van der Waals surface area contributed by atoms with E-state index in [4.69, 9.17) is 0 Å². The number of ketones is 1. The van der Waals surface area contributed by atoms with Crippen LogP contribution in [0, 0.1) is 5.92 Å². The molecule has 2 aliphatic rings. The average molecular weight is 421 g/mol. The van der Waals surface area contributed by atoms with Crippen molar-refractivity contribution < 1.29 is 14.4 Å². The Morgan fingerprint density at radius 3 is 2.53 bits per heavy atom. The van der Waals surface area contributed by atoms with E-state index in [9.17, 15) is 19.2 Å². The highest BCUT2D eigenvalue weighted by Gasteiger charge is 2.36. The van der Waals surface area contributed by atoms with Crippen molar-refractivity contribution in [3.63, 3.8) is 0 Å². The van der Waals surface area contributed by atoms with E-state index in [0.29, 0.717) is 27.3 Å². The normalized spacial score (nSPS) is 18.0. The zero-order valence-electron chi connectivity index (χ0n) is 16.4. The molecule has 0 bridgehead atoms. The minimum atomic E-state index is -0.481. The largest absolute Gasteiger partial charge is 0.296 e. The quantitative estimate of drug-likeness (QED) is 0.604. The third kappa shape index (κ3) is 2.90. The highest BCUT2D eigenvalue weighted by Crippen LogP contribution is 2.35. The molecule has 8 heteroatoms. The van der Waals surface area contributed by atoms with E-state index in [0.717, 1.165) is 29.7 Å². The van der Waals surface area contributed by atoms with Crippen LogP contribution in [0.4, 0.5) is 0 Å². The Bertz CT molecular complexity index is 1250. The number of thiophene rings is 1. The van der Waals surface area contributed by atoms with Crippen LogP contribution in [0.1, 0.15) is 44.5 Å². The number of carbonyl (C=O) groups is 3. The van der Waals surface area contributed by atoms with E-state index in [-0.39, 0.29) is 18.6 Å². The van der Waals surface area contributed by atoms with Crippen LogP contribution in [0.3, 0.4) is 0 Å². The van der Waals surface area contributed by atoms with E-state index in [1.165, 1.54) is 15.8 Å². The Balaban J connectivity index is 1.39. The fourth-order valence-corrected chi connectivity index (χ4v) is 5.62. The van der Waals surface area contributed by atoms with Crippen LogP contribution in [0.5, 0.6) is 0 Å². The van der Waals surface area contributed by atoms with Gasteiger partial charge in [0, 0.05) is 4.88 Å². The molecule has 0 unspecified atom stereocenters. The van der Waals surface area contributed by atoms with Crippen molar-refractivity contribution in [3.8, 4) is 0 Å². The van der Waals surface area contributed by atoms with Gasteiger partial charge < -0.3 is 0 Å². The second-order valence-electron chi connectivity index (χ2n) is 7.99. The number of amides is 2. The van der Waals surface area contributed by atoms with Gasteiger partial charge >= 0.3 is 0 Å². The lowest BCUT2D eigenvalue weighted by atomic mass is 9.89. The van der Waals surface area contributed by atoms with Crippen LogP contribution >= 0.6 is 11.3 Å². The number of nitrogens with zero attached hydrogens (tertiary/aromatic N) is 3. The van der Waals surface area contributed by atoms with Crippen LogP contribution in [0.25, 0.3) is 10.2 Å². The van der Waals surface area contributed by atoms with Crippen molar-refractivity contribution >= 4 is 39.2 Å². The maximum atomic E-state index is 13.1. The first-order valence-corrected chi connectivity index (χ1v) is 10.7. The zero-order chi connectivity index (χ0) is 21.0. The Labute approximate surface area is 176 Å². The summed E-state index contributed by atoms with van der Waals surface area (Å²) in [6.07, 6.45) is 4.22. The monoisotopic (exact) mass is 421 g/mol. The minimum Gasteiger partial charge on any atom is -0.296 e.